The maximum atomic E-state index is 12.2. The molecular weight excluding hydrogens is 290 g/mol. The van der Waals surface area contributed by atoms with E-state index in [1.54, 1.807) is 24.3 Å². The number of carboxylic acids is 1. The van der Waals surface area contributed by atoms with Crippen molar-refractivity contribution in [3.63, 3.8) is 0 Å². The van der Waals surface area contributed by atoms with Gasteiger partial charge in [-0.15, -0.1) is 0 Å². The van der Waals surface area contributed by atoms with Crippen LogP contribution in [0.5, 0.6) is 0 Å². The first-order chi connectivity index (χ1) is 10.4. The van der Waals surface area contributed by atoms with Gasteiger partial charge in [0.05, 0.1) is 12.2 Å². The van der Waals surface area contributed by atoms with Crippen molar-refractivity contribution in [2.45, 2.75) is 32.7 Å². The molecule has 7 nitrogen and oxygen atoms in total. The van der Waals surface area contributed by atoms with E-state index >= 15 is 0 Å². The van der Waals surface area contributed by atoms with E-state index in [0.29, 0.717) is 11.5 Å². The molecule has 2 N–H and O–H groups in total. The molecule has 1 amide bonds. The van der Waals surface area contributed by atoms with Gasteiger partial charge in [-0.1, -0.05) is 31.5 Å². The normalized spacial score (nSPS) is 11.6. The monoisotopic (exact) mass is 309 g/mol. The molecule has 120 valence electrons. The van der Waals surface area contributed by atoms with Crippen LogP contribution in [-0.2, 0) is 20.8 Å². The molecular formula is C15H19NO6. The molecule has 0 saturated heterocycles. The Hall–Kier alpha value is -2.41. The molecule has 0 heterocycles. The first kappa shape index (κ1) is 17.6. The molecule has 7 heteroatoms. The Morgan fingerprint density at radius 2 is 1.91 bits per heavy atom. The summed E-state index contributed by atoms with van der Waals surface area (Å²) < 4.78 is 0. The quantitative estimate of drug-likeness (QED) is 0.760. The van der Waals surface area contributed by atoms with E-state index in [-0.39, 0.29) is 5.56 Å². The largest absolute Gasteiger partial charge is 0.480 e. The van der Waals surface area contributed by atoms with Gasteiger partial charge in [0.2, 0.25) is 0 Å². The fraction of sp³-hybridized carbons (Fsp3) is 0.400. The Morgan fingerprint density at radius 3 is 2.41 bits per heavy atom. The smallest absolute Gasteiger partial charge is 0.363 e. The van der Waals surface area contributed by atoms with Crippen LogP contribution in [0.25, 0.3) is 0 Å². The summed E-state index contributed by atoms with van der Waals surface area (Å²) >= 11 is 0. The fourth-order valence-corrected chi connectivity index (χ4v) is 1.95. The minimum atomic E-state index is -1.64. The molecule has 0 aliphatic rings. The average Bonchev–Trinajstić information content (AvgIpc) is 2.47. The number of aliphatic hydroxyl groups excluding tert-OH is 1. The van der Waals surface area contributed by atoms with Crippen molar-refractivity contribution < 1.29 is 29.4 Å². The third-order valence-electron chi connectivity index (χ3n) is 2.99. The Kier molecular flexibility index (Phi) is 6.52. The highest BCUT2D eigenvalue weighted by Crippen LogP contribution is 2.14. The first-order valence-electron chi connectivity index (χ1n) is 6.86. The summed E-state index contributed by atoms with van der Waals surface area (Å²) in [5, 5.41) is 18.4. The number of amides is 1. The molecule has 0 bridgehead atoms. The summed E-state index contributed by atoms with van der Waals surface area (Å²) in [5.41, 5.74) is 1.01. The summed E-state index contributed by atoms with van der Waals surface area (Å²) in [6.45, 7) is 2.14. The molecule has 0 aromatic heterocycles. The minimum Gasteiger partial charge on any atom is -0.480 e. The highest BCUT2D eigenvalue weighted by atomic mass is 16.7. The van der Waals surface area contributed by atoms with Crippen LogP contribution >= 0.6 is 0 Å². The predicted molar refractivity (Wildman–Crippen MR) is 76.9 cm³/mol. The molecule has 1 aromatic rings. The summed E-state index contributed by atoms with van der Waals surface area (Å²) in [6.07, 6.45) is 1.46. The lowest BCUT2D eigenvalue weighted by Gasteiger charge is -2.24. The van der Waals surface area contributed by atoms with Crippen LogP contribution in [0.3, 0.4) is 0 Å². The third kappa shape index (κ3) is 4.29. The van der Waals surface area contributed by atoms with Crippen molar-refractivity contribution in [3.8, 4) is 0 Å². The molecule has 1 rings (SSSR count). The number of carbonyl (C=O) groups excluding carboxylic acids is 2. The first-order valence-corrected chi connectivity index (χ1v) is 6.86. The minimum absolute atomic E-state index is 0.262. The number of aliphatic carboxylic acids is 1. The van der Waals surface area contributed by atoms with Crippen LogP contribution < -0.4 is 0 Å². The number of hydroxylamine groups is 2. The maximum Gasteiger partial charge on any atom is 0.363 e. The second-order valence-electron chi connectivity index (χ2n) is 4.67. The van der Waals surface area contributed by atoms with Crippen molar-refractivity contribution >= 4 is 17.8 Å². The number of carbonyl (C=O) groups is 3. The number of hydrogen-bond acceptors (Lipinski definition) is 5. The van der Waals surface area contributed by atoms with Gasteiger partial charge >= 0.3 is 11.9 Å². The van der Waals surface area contributed by atoms with Gasteiger partial charge in [-0.2, -0.15) is 5.06 Å². The van der Waals surface area contributed by atoms with E-state index in [4.69, 9.17) is 15.1 Å². The molecule has 22 heavy (non-hydrogen) atoms. The van der Waals surface area contributed by atoms with Gasteiger partial charge in [0.15, 0.2) is 6.04 Å². The molecule has 0 saturated carbocycles. The zero-order chi connectivity index (χ0) is 16.7. The number of carboxylic acid groups (broad SMARTS) is 1. The van der Waals surface area contributed by atoms with E-state index < -0.39 is 30.5 Å². The summed E-state index contributed by atoms with van der Waals surface area (Å²) in [6, 6.07) is 5.09. The maximum absolute atomic E-state index is 12.2. The number of nitrogens with zero attached hydrogens (tertiary/aromatic N) is 1. The molecule has 0 fully saturated rings. The highest BCUT2D eigenvalue weighted by molar-refractivity contribution is 5.92. The van der Waals surface area contributed by atoms with Gasteiger partial charge in [-0.3, -0.25) is 4.79 Å². The van der Waals surface area contributed by atoms with Gasteiger partial charge in [0.25, 0.3) is 5.91 Å². The summed E-state index contributed by atoms with van der Waals surface area (Å²) in [4.78, 5) is 39.6. The SMILES string of the molecule is CCCc1ccccc1C(=O)ON(C(C)=O)[C@@H](CO)C(=O)O. The number of aryl methyl sites for hydroxylation is 1. The molecule has 1 atom stereocenters. The average molecular weight is 309 g/mol. The molecule has 0 radical (unpaired) electrons. The van der Waals surface area contributed by atoms with Crippen LogP contribution in [-0.4, -0.2) is 45.8 Å². The molecule has 0 unspecified atom stereocenters. The van der Waals surface area contributed by atoms with Crippen molar-refractivity contribution in [2.75, 3.05) is 6.61 Å². The van der Waals surface area contributed by atoms with Crippen LogP contribution in [0.2, 0.25) is 0 Å². The molecule has 0 spiro atoms. The van der Waals surface area contributed by atoms with E-state index in [1.165, 1.54) is 0 Å². The molecule has 0 aliphatic carbocycles. The van der Waals surface area contributed by atoms with Crippen molar-refractivity contribution in [1.82, 2.24) is 5.06 Å². The number of rotatable bonds is 6. The predicted octanol–water partition coefficient (Wildman–Crippen LogP) is 1.00. The van der Waals surface area contributed by atoms with Gasteiger partial charge in [0.1, 0.15) is 0 Å². The van der Waals surface area contributed by atoms with Gasteiger partial charge in [-0.05, 0) is 18.1 Å². The topological polar surface area (TPSA) is 104 Å². The van der Waals surface area contributed by atoms with E-state index in [1.807, 2.05) is 6.92 Å². The van der Waals surface area contributed by atoms with Crippen molar-refractivity contribution in [2.24, 2.45) is 0 Å². The van der Waals surface area contributed by atoms with Gasteiger partial charge in [-0.25, -0.2) is 9.59 Å². The Labute approximate surface area is 128 Å². The summed E-state index contributed by atoms with van der Waals surface area (Å²) in [7, 11) is 0. The lowest BCUT2D eigenvalue weighted by Crippen LogP contribution is -2.47. The van der Waals surface area contributed by atoms with Crippen LogP contribution in [0, 0.1) is 0 Å². The second kappa shape index (κ2) is 8.14. The lowest BCUT2D eigenvalue weighted by atomic mass is 10.0. The van der Waals surface area contributed by atoms with Crippen molar-refractivity contribution in [1.29, 1.82) is 0 Å². The van der Waals surface area contributed by atoms with Gasteiger partial charge in [0, 0.05) is 6.92 Å². The molecule has 1 aromatic carbocycles. The number of hydrogen-bond donors (Lipinski definition) is 2. The van der Waals surface area contributed by atoms with Crippen molar-refractivity contribution in [3.05, 3.63) is 35.4 Å². The van der Waals surface area contributed by atoms with Crippen LogP contribution in [0.1, 0.15) is 36.2 Å². The lowest BCUT2D eigenvalue weighted by molar-refractivity contribution is -0.188. The Morgan fingerprint density at radius 1 is 1.27 bits per heavy atom. The Bertz CT molecular complexity index is 557. The van der Waals surface area contributed by atoms with E-state index in [9.17, 15) is 14.4 Å². The Balaban J connectivity index is 3.02. The third-order valence-corrected chi connectivity index (χ3v) is 2.99. The second-order valence-corrected chi connectivity index (χ2v) is 4.67. The van der Waals surface area contributed by atoms with Crippen LogP contribution in [0.15, 0.2) is 24.3 Å². The number of benzene rings is 1. The zero-order valence-electron chi connectivity index (χ0n) is 12.5. The van der Waals surface area contributed by atoms with Gasteiger partial charge < -0.3 is 15.1 Å². The fourth-order valence-electron chi connectivity index (χ4n) is 1.95. The standard InChI is InChI=1S/C15H19NO6/c1-3-6-11-7-4-5-8-12(11)15(21)22-16(10(2)18)13(9-17)14(19)20/h4-5,7-8,13,17H,3,6,9H2,1-2H3,(H,19,20)/t13-/m0/s1. The highest BCUT2D eigenvalue weighted by Gasteiger charge is 2.31. The molecule has 0 aliphatic heterocycles. The van der Waals surface area contributed by atoms with E-state index in [2.05, 4.69) is 0 Å². The zero-order valence-corrected chi connectivity index (χ0v) is 12.5. The summed E-state index contributed by atoms with van der Waals surface area (Å²) in [5.74, 6) is -3.09. The van der Waals surface area contributed by atoms with E-state index in [0.717, 1.165) is 18.9 Å². The number of aliphatic hydroxyl groups is 1. The van der Waals surface area contributed by atoms with Crippen LogP contribution in [0.4, 0.5) is 0 Å².